The van der Waals surface area contributed by atoms with E-state index in [4.69, 9.17) is 5.11 Å². The van der Waals surface area contributed by atoms with Gasteiger partial charge in [-0.25, -0.2) is 14.8 Å². The van der Waals surface area contributed by atoms with E-state index in [0.717, 1.165) is 0 Å². The second kappa shape index (κ2) is 4.61. The Balaban J connectivity index is 2.44. The van der Waals surface area contributed by atoms with Crippen molar-refractivity contribution in [2.75, 3.05) is 0 Å². The third-order valence-corrected chi connectivity index (χ3v) is 2.30. The molecule has 86 valence electrons. The molecule has 5 heteroatoms. The molecule has 1 aromatic heterocycles. The monoisotopic (exact) mass is 229 g/mol. The molecule has 0 fully saturated rings. The van der Waals surface area contributed by atoms with Gasteiger partial charge in [0.05, 0.1) is 5.56 Å². The Labute approximate surface area is 97.9 Å². The first kappa shape index (κ1) is 11.1. The summed E-state index contributed by atoms with van der Waals surface area (Å²) in [6.45, 7) is 1.75. The van der Waals surface area contributed by atoms with Crippen molar-refractivity contribution in [2.24, 2.45) is 4.99 Å². The quantitative estimate of drug-likeness (QED) is 0.792. The van der Waals surface area contributed by atoms with Gasteiger partial charge in [-0.05, 0) is 13.0 Å². The molecule has 0 spiro atoms. The van der Waals surface area contributed by atoms with E-state index in [1.165, 1.54) is 0 Å². The first-order valence-corrected chi connectivity index (χ1v) is 5.06. The predicted octanol–water partition coefficient (Wildman–Crippen LogP) is 2.25. The summed E-state index contributed by atoms with van der Waals surface area (Å²) in [7, 11) is 0. The summed E-state index contributed by atoms with van der Waals surface area (Å²) in [6, 6.07) is 6.75. The average molecular weight is 229 g/mol. The van der Waals surface area contributed by atoms with E-state index in [0.29, 0.717) is 17.2 Å². The molecule has 5 nitrogen and oxygen atoms in total. The van der Waals surface area contributed by atoms with Gasteiger partial charge in [0.25, 0.3) is 0 Å². The van der Waals surface area contributed by atoms with Gasteiger partial charge in [0.2, 0.25) is 5.95 Å². The number of nitrogens with one attached hydrogen (secondary N) is 1. The summed E-state index contributed by atoms with van der Waals surface area (Å²) < 4.78 is 0. The zero-order valence-electron chi connectivity index (χ0n) is 9.21. The van der Waals surface area contributed by atoms with Crippen LogP contribution >= 0.6 is 0 Å². The molecule has 0 aliphatic rings. The number of rotatable bonds is 3. The Bertz CT molecular complexity index is 559. The lowest BCUT2D eigenvalue weighted by Gasteiger charge is -2.04. The summed E-state index contributed by atoms with van der Waals surface area (Å²) in [5, 5.41) is 9.06. The molecule has 0 unspecified atom stereocenters. The summed E-state index contributed by atoms with van der Waals surface area (Å²) >= 11 is 0. The van der Waals surface area contributed by atoms with Crippen LogP contribution in [0.5, 0.6) is 0 Å². The standard InChI is InChI=1S/C12H11N3O2/c1-8(15-12-13-6-7-14-12)9-4-2-3-5-10(9)11(16)17/h2-7H,1H3,(H,13,14)(H,16,17). The van der Waals surface area contributed by atoms with Crippen molar-refractivity contribution >= 4 is 17.6 Å². The minimum Gasteiger partial charge on any atom is -0.478 e. The molecule has 17 heavy (non-hydrogen) atoms. The molecule has 2 N–H and O–H groups in total. The number of carboxylic acid groups (broad SMARTS) is 1. The van der Waals surface area contributed by atoms with Crippen LogP contribution in [-0.2, 0) is 0 Å². The zero-order chi connectivity index (χ0) is 12.3. The van der Waals surface area contributed by atoms with Gasteiger partial charge < -0.3 is 10.1 Å². The zero-order valence-corrected chi connectivity index (χ0v) is 9.21. The van der Waals surface area contributed by atoms with Crippen LogP contribution in [0.1, 0.15) is 22.8 Å². The van der Waals surface area contributed by atoms with Crippen molar-refractivity contribution in [2.45, 2.75) is 6.92 Å². The molecule has 2 rings (SSSR count). The number of carboxylic acids is 1. The lowest BCUT2D eigenvalue weighted by Crippen LogP contribution is -2.06. The Hall–Kier alpha value is -2.43. The molecule has 0 atom stereocenters. The molecule has 1 aromatic carbocycles. The third kappa shape index (κ3) is 2.39. The van der Waals surface area contributed by atoms with Gasteiger partial charge in [0.1, 0.15) is 0 Å². The van der Waals surface area contributed by atoms with E-state index >= 15 is 0 Å². The molecule has 0 bridgehead atoms. The van der Waals surface area contributed by atoms with Crippen LogP contribution in [0.25, 0.3) is 0 Å². The Morgan fingerprint density at radius 3 is 2.65 bits per heavy atom. The van der Waals surface area contributed by atoms with E-state index in [-0.39, 0.29) is 5.56 Å². The molecule has 0 radical (unpaired) electrons. The van der Waals surface area contributed by atoms with Crippen molar-refractivity contribution in [3.8, 4) is 0 Å². The molecular formula is C12H11N3O2. The number of aromatic nitrogens is 2. The van der Waals surface area contributed by atoms with Gasteiger partial charge in [0.15, 0.2) is 0 Å². The van der Waals surface area contributed by atoms with Crippen LogP contribution in [-0.4, -0.2) is 26.8 Å². The highest BCUT2D eigenvalue weighted by molar-refractivity contribution is 6.08. The molecular weight excluding hydrogens is 218 g/mol. The van der Waals surface area contributed by atoms with E-state index in [2.05, 4.69) is 15.0 Å². The van der Waals surface area contributed by atoms with Crippen molar-refractivity contribution in [3.05, 3.63) is 47.8 Å². The lowest BCUT2D eigenvalue weighted by molar-refractivity contribution is 0.0696. The molecule has 0 amide bonds. The van der Waals surface area contributed by atoms with Crippen LogP contribution < -0.4 is 0 Å². The molecule has 2 aromatic rings. The van der Waals surface area contributed by atoms with Gasteiger partial charge in [-0.1, -0.05) is 18.2 Å². The van der Waals surface area contributed by atoms with Gasteiger partial charge in [-0.2, -0.15) is 0 Å². The number of H-pyrrole nitrogens is 1. The Morgan fingerprint density at radius 1 is 1.35 bits per heavy atom. The summed E-state index contributed by atoms with van der Waals surface area (Å²) in [5.41, 5.74) is 1.44. The fraction of sp³-hybridized carbons (Fsp3) is 0.0833. The second-order valence-electron chi connectivity index (χ2n) is 3.46. The number of hydrogen-bond acceptors (Lipinski definition) is 3. The average Bonchev–Trinajstić information content (AvgIpc) is 2.81. The van der Waals surface area contributed by atoms with Crippen LogP contribution in [0.3, 0.4) is 0 Å². The number of imidazole rings is 1. The molecule has 1 heterocycles. The number of aliphatic imine (C=N–C) groups is 1. The van der Waals surface area contributed by atoms with E-state index < -0.39 is 5.97 Å². The molecule has 0 aliphatic heterocycles. The number of aromatic carboxylic acids is 1. The minimum atomic E-state index is -0.963. The van der Waals surface area contributed by atoms with Crippen molar-refractivity contribution in [3.63, 3.8) is 0 Å². The molecule has 0 saturated carbocycles. The highest BCUT2D eigenvalue weighted by atomic mass is 16.4. The largest absolute Gasteiger partial charge is 0.478 e. The van der Waals surface area contributed by atoms with E-state index in [9.17, 15) is 4.79 Å². The SMILES string of the molecule is CC(=Nc1ncc[nH]1)c1ccccc1C(=O)O. The van der Waals surface area contributed by atoms with Crippen LogP contribution in [0.2, 0.25) is 0 Å². The number of carbonyl (C=O) groups is 1. The van der Waals surface area contributed by atoms with Crippen LogP contribution in [0, 0.1) is 0 Å². The van der Waals surface area contributed by atoms with Gasteiger partial charge in [-0.15, -0.1) is 0 Å². The lowest BCUT2D eigenvalue weighted by atomic mass is 10.0. The highest BCUT2D eigenvalue weighted by Crippen LogP contribution is 2.13. The Morgan fingerprint density at radius 2 is 2.06 bits per heavy atom. The fourth-order valence-corrected chi connectivity index (χ4v) is 1.52. The van der Waals surface area contributed by atoms with E-state index in [1.54, 1.807) is 43.6 Å². The maximum absolute atomic E-state index is 11.1. The van der Waals surface area contributed by atoms with Gasteiger partial charge in [-0.3, -0.25) is 0 Å². The Kier molecular flexibility index (Phi) is 3.00. The summed E-state index contributed by atoms with van der Waals surface area (Å²) in [6.07, 6.45) is 3.25. The van der Waals surface area contributed by atoms with Crippen LogP contribution in [0.4, 0.5) is 5.95 Å². The second-order valence-corrected chi connectivity index (χ2v) is 3.46. The normalized spacial score (nSPS) is 11.5. The predicted molar refractivity (Wildman–Crippen MR) is 63.9 cm³/mol. The van der Waals surface area contributed by atoms with Crippen molar-refractivity contribution in [1.29, 1.82) is 0 Å². The van der Waals surface area contributed by atoms with Crippen molar-refractivity contribution in [1.82, 2.24) is 9.97 Å². The third-order valence-electron chi connectivity index (χ3n) is 2.30. The number of benzene rings is 1. The minimum absolute atomic E-state index is 0.236. The van der Waals surface area contributed by atoms with Crippen molar-refractivity contribution < 1.29 is 9.90 Å². The molecule has 0 aliphatic carbocycles. The number of aromatic amines is 1. The topological polar surface area (TPSA) is 78.3 Å². The van der Waals surface area contributed by atoms with E-state index in [1.807, 2.05) is 0 Å². The van der Waals surface area contributed by atoms with Gasteiger partial charge in [0, 0.05) is 23.7 Å². The maximum Gasteiger partial charge on any atom is 0.336 e. The molecule has 0 saturated heterocycles. The maximum atomic E-state index is 11.1. The van der Waals surface area contributed by atoms with Gasteiger partial charge >= 0.3 is 5.97 Å². The smallest absolute Gasteiger partial charge is 0.336 e. The number of nitrogens with zero attached hydrogens (tertiary/aromatic N) is 2. The van der Waals surface area contributed by atoms with Crippen LogP contribution in [0.15, 0.2) is 41.7 Å². The summed E-state index contributed by atoms with van der Waals surface area (Å²) in [5.74, 6) is -0.503. The fourth-order valence-electron chi connectivity index (χ4n) is 1.52. The number of hydrogen-bond donors (Lipinski definition) is 2. The summed E-state index contributed by atoms with van der Waals surface area (Å²) in [4.78, 5) is 22.1. The first-order chi connectivity index (χ1) is 8.18. The highest BCUT2D eigenvalue weighted by Gasteiger charge is 2.11. The first-order valence-electron chi connectivity index (χ1n) is 5.06.